The molecule has 5 aliphatic rings. The van der Waals surface area contributed by atoms with E-state index in [1.165, 1.54) is 18.5 Å². The van der Waals surface area contributed by atoms with Crippen LogP contribution in [0.25, 0.3) is 10.9 Å². The molecule has 4 saturated heterocycles. The second-order valence-electron chi connectivity index (χ2n) is 13.7. The summed E-state index contributed by atoms with van der Waals surface area (Å²) in [5.74, 6) is -0.716. The van der Waals surface area contributed by atoms with Crippen LogP contribution in [-0.4, -0.2) is 45.8 Å². The van der Waals surface area contributed by atoms with E-state index in [-0.39, 0.29) is 48.1 Å². The van der Waals surface area contributed by atoms with E-state index in [9.17, 15) is 14.0 Å². The molecule has 5 heterocycles. The van der Waals surface area contributed by atoms with Gasteiger partial charge in [0.25, 0.3) is 0 Å². The fraction of sp³-hybridized carbons (Fsp3) is 0.543. The lowest BCUT2D eigenvalue weighted by Gasteiger charge is -2.60. The van der Waals surface area contributed by atoms with Gasteiger partial charge < -0.3 is 24.8 Å². The topological polar surface area (TPSA) is 130 Å². The zero-order valence-corrected chi connectivity index (χ0v) is 27.9. The number of carbonyl (C=O) groups excluding carboxylic acids is 2. The minimum absolute atomic E-state index is 0.00813. The van der Waals surface area contributed by atoms with Crippen LogP contribution in [0, 0.1) is 29.5 Å². The van der Waals surface area contributed by atoms with Gasteiger partial charge in [-0.05, 0) is 80.3 Å². The highest BCUT2D eigenvalue weighted by atomic mass is 35.5. The van der Waals surface area contributed by atoms with Crippen molar-refractivity contribution in [3.05, 3.63) is 59.1 Å². The highest BCUT2D eigenvalue weighted by Crippen LogP contribution is 2.60. The molecule has 1 aromatic heterocycles. The molecule has 0 unspecified atom stereocenters. The molecule has 2 bridgehead atoms. The Morgan fingerprint density at radius 2 is 1.92 bits per heavy atom. The molecular weight excluding hydrogens is 643 g/mol. The first kappa shape index (κ1) is 33.1. The van der Waals surface area contributed by atoms with Gasteiger partial charge in [-0.3, -0.25) is 9.59 Å². The number of aromatic nitrogens is 2. The van der Waals surface area contributed by atoms with Crippen molar-refractivity contribution in [1.29, 1.82) is 0 Å². The predicted octanol–water partition coefficient (Wildman–Crippen LogP) is 6.70. The SMILES string of the molecule is C[C@H]1[C@H](NC(=O)CCCC(=O)OCc2ccc3ncnc(Nc4ccc(F)c(Cl)c4)c3c2)O[C@@H]2O[C@@]3(C)CC[C@H]4[C@H](C)CC[C@@H]1[C@@]24OO3. The van der Waals surface area contributed by atoms with E-state index in [0.717, 1.165) is 31.2 Å². The summed E-state index contributed by atoms with van der Waals surface area (Å²) >= 11 is 5.92. The number of rotatable bonds is 9. The van der Waals surface area contributed by atoms with Crippen molar-refractivity contribution in [1.82, 2.24) is 15.3 Å². The molecule has 48 heavy (non-hydrogen) atoms. The molecule has 5 fully saturated rings. The van der Waals surface area contributed by atoms with Crippen molar-refractivity contribution in [3.8, 4) is 0 Å². The first-order chi connectivity index (χ1) is 23.0. The molecule has 8 rings (SSSR count). The third-order valence-corrected chi connectivity index (χ3v) is 10.8. The van der Waals surface area contributed by atoms with Gasteiger partial charge in [-0.1, -0.05) is 31.5 Å². The van der Waals surface area contributed by atoms with Gasteiger partial charge >= 0.3 is 5.97 Å². The van der Waals surface area contributed by atoms with Gasteiger partial charge in [0.15, 0.2) is 11.9 Å². The Morgan fingerprint density at radius 3 is 2.75 bits per heavy atom. The van der Waals surface area contributed by atoms with E-state index in [1.54, 1.807) is 6.07 Å². The second kappa shape index (κ2) is 13.1. The Balaban J connectivity index is 0.913. The van der Waals surface area contributed by atoms with Crippen LogP contribution >= 0.6 is 11.6 Å². The lowest BCUT2D eigenvalue weighted by molar-refractivity contribution is -0.571. The number of ether oxygens (including phenoxy) is 3. The number of nitrogens with one attached hydrogen (secondary N) is 2. The van der Waals surface area contributed by atoms with Crippen LogP contribution in [0.2, 0.25) is 5.02 Å². The molecule has 2 aromatic carbocycles. The predicted molar refractivity (Wildman–Crippen MR) is 173 cm³/mol. The standard InChI is InChI=1S/C35H40ClFN4O7/c1-19-7-10-25-20(2)32(45-33-35(25)24(19)13-14-34(3,46-33)47-48-35)41-29(42)5-4-6-30(43)44-17-21-8-12-28-23(15-21)31(39-18-38-28)40-22-9-11-27(37)26(36)16-22/h8-9,11-12,15-16,18-20,24-25,32-33H,4-7,10,13-14,17H2,1-3H3,(H,41,42)(H,38,39,40)/t19-,20-,24+,25+,32-,33-,34-,35-/m1/s1. The molecule has 11 nitrogen and oxygen atoms in total. The van der Waals surface area contributed by atoms with Crippen LogP contribution in [0.4, 0.5) is 15.9 Å². The van der Waals surface area contributed by atoms with Gasteiger partial charge in [0.2, 0.25) is 11.7 Å². The number of esters is 1. The second-order valence-corrected chi connectivity index (χ2v) is 14.1. The van der Waals surface area contributed by atoms with Crippen LogP contribution in [0.5, 0.6) is 0 Å². The monoisotopic (exact) mass is 682 g/mol. The number of anilines is 2. The first-order valence-electron chi connectivity index (χ1n) is 16.7. The maximum absolute atomic E-state index is 13.6. The summed E-state index contributed by atoms with van der Waals surface area (Å²) in [7, 11) is 0. The number of nitrogens with zero attached hydrogens (tertiary/aromatic N) is 2. The fourth-order valence-corrected chi connectivity index (χ4v) is 8.11. The van der Waals surface area contributed by atoms with Gasteiger partial charge in [-0.2, -0.15) is 0 Å². The summed E-state index contributed by atoms with van der Waals surface area (Å²) in [6, 6.07) is 9.76. The lowest BCUT2D eigenvalue weighted by atomic mass is 9.58. The summed E-state index contributed by atoms with van der Waals surface area (Å²) in [4.78, 5) is 46.3. The van der Waals surface area contributed by atoms with Crippen molar-refractivity contribution in [2.45, 2.75) is 96.2 Å². The van der Waals surface area contributed by atoms with Gasteiger partial charge in [-0.25, -0.2) is 24.1 Å². The third kappa shape index (κ3) is 6.24. The number of amides is 1. The number of benzene rings is 2. The maximum Gasteiger partial charge on any atom is 0.306 e. The van der Waals surface area contributed by atoms with Gasteiger partial charge in [-0.15, -0.1) is 0 Å². The Bertz CT molecular complexity index is 1710. The van der Waals surface area contributed by atoms with Crippen molar-refractivity contribution in [2.24, 2.45) is 23.7 Å². The van der Waals surface area contributed by atoms with E-state index < -0.39 is 35.7 Å². The highest BCUT2D eigenvalue weighted by Gasteiger charge is 2.69. The molecule has 1 aliphatic carbocycles. The van der Waals surface area contributed by atoms with E-state index in [2.05, 4.69) is 34.4 Å². The molecule has 2 N–H and O–H groups in total. The first-order valence-corrected chi connectivity index (χ1v) is 17.0. The molecule has 4 aliphatic heterocycles. The van der Waals surface area contributed by atoms with Crippen LogP contribution in [-0.2, 0) is 40.2 Å². The summed E-state index contributed by atoms with van der Waals surface area (Å²) < 4.78 is 31.9. The Hall–Kier alpha value is -3.42. The van der Waals surface area contributed by atoms with E-state index in [1.807, 2.05) is 25.1 Å². The average Bonchev–Trinajstić information content (AvgIpc) is 3.30. The minimum atomic E-state index is -0.883. The number of fused-ring (bicyclic) bond motifs is 3. The van der Waals surface area contributed by atoms with Crippen LogP contribution in [0.1, 0.15) is 71.3 Å². The molecule has 13 heteroatoms. The van der Waals surface area contributed by atoms with Gasteiger partial charge in [0.05, 0.1) is 10.5 Å². The number of carbonyl (C=O) groups is 2. The molecule has 1 spiro atoms. The maximum atomic E-state index is 13.6. The van der Waals surface area contributed by atoms with Crippen LogP contribution in [0.15, 0.2) is 42.7 Å². The normalized spacial score (nSPS) is 32.3. The number of hydrogen-bond donors (Lipinski definition) is 2. The molecular formula is C35H40ClFN4O7. The van der Waals surface area contributed by atoms with Crippen LogP contribution < -0.4 is 10.6 Å². The zero-order chi connectivity index (χ0) is 33.6. The summed E-state index contributed by atoms with van der Waals surface area (Å²) in [6.45, 7) is 6.27. The van der Waals surface area contributed by atoms with Gasteiger partial charge in [0, 0.05) is 42.2 Å². The molecule has 1 saturated carbocycles. The van der Waals surface area contributed by atoms with Crippen molar-refractivity contribution < 1.29 is 38.0 Å². The smallest absolute Gasteiger partial charge is 0.306 e. The van der Waals surface area contributed by atoms with Crippen LogP contribution in [0.3, 0.4) is 0 Å². The van der Waals surface area contributed by atoms with Crippen molar-refractivity contribution in [2.75, 3.05) is 5.32 Å². The number of halogens is 2. The highest BCUT2D eigenvalue weighted by molar-refractivity contribution is 6.31. The van der Waals surface area contributed by atoms with Gasteiger partial charge in [0.1, 0.15) is 30.8 Å². The third-order valence-electron chi connectivity index (χ3n) is 10.5. The van der Waals surface area contributed by atoms with E-state index in [4.69, 9.17) is 35.6 Å². The Labute approximate surface area is 283 Å². The quantitative estimate of drug-likeness (QED) is 0.186. The minimum Gasteiger partial charge on any atom is -0.461 e. The van der Waals surface area contributed by atoms with Crippen molar-refractivity contribution in [3.63, 3.8) is 0 Å². The summed E-state index contributed by atoms with van der Waals surface area (Å²) in [5, 5.41) is 6.88. The summed E-state index contributed by atoms with van der Waals surface area (Å²) in [6.07, 6.45) is 4.48. The fourth-order valence-electron chi connectivity index (χ4n) is 7.93. The number of hydrogen-bond acceptors (Lipinski definition) is 10. The molecule has 0 radical (unpaired) electrons. The molecule has 8 atom stereocenters. The molecule has 256 valence electrons. The molecule has 3 aromatic rings. The Kier molecular flexibility index (Phi) is 9.05. The largest absolute Gasteiger partial charge is 0.461 e. The lowest BCUT2D eigenvalue weighted by Crippen LogP contribution is -2.71. The summed E-state index contributed by atoms with van der Waals surface area (Å²) in [5.41, 5.74) is 1.29. The van der Waals surface area contributed by atoms with E-state index in [0.29, 0.717) is 34.7 Å². The van der Waals surface area contributed by atoms with E-state index >= 15 is 0 Å². The Morgan fingerprint density at radius 1 is 1.06 bits per heavy atom. The zero-order valence-electron chi connectivity index (χ0n) is 27.2. The van der Waals surface area contributed by atoms with Crippen molar-refractivity contribution >= 4 is 45.9 Å². The average molecular weight is 683 g/mol. The molecule has 1 amide bonds.